The molecule has 0 aliphatic heterocycles. The van der Waals surface area contributed by atoms with Gasteiger partial charge in [0.2, 0.25) is 21.8 Å². The molecule has 0 bridgehead atoms. The predicted octanol–water partition coefficient (Wildman–Crippen LogP) is 2.54. The van der Waals surface area contributed by atoms with E-state index in [2.05, 4.69) is 14.9 Å². The zero-order valence-corrected chi connectivity index (χ0v) is 15.9. The molecule has 0 amide bonds. The lowest BCUT2D eigenvalue weighted by molar-refractivity contribution is 0.354. The summed E-state index contributed by atoms with van der Waals surface area (Å²) in [6.07, 6.45) is 0. The van der Waals surface area contributed by atoms with Crippen molar-refractivity contribution < 1.29 is 22.3 Å². The highest BCUT2D eigenvalue weighted by atomic mass is 32.2. The summed E-state index contributed by atoms with van der Waals surface area (Å²) >= 11 is 0. The lowest BCUT2D eigenvalue weighted by Gasteiger charge is -2.10. The van der Waals surface area contributed by atoms with Gasteiger partial charge in [-0.15, -0.1) is 10.2 Å². The van der Waals surface area contributed by atoms with Gasteiger partial charge in [0.05, 0.1) is 25.7 Å². The molecule has 0 saturated heterocycles. The van der Waals surface area contributed by atoms with Crippen molar-refractivity contribution >= 4 is 10.0 Å². The number of aryl methyl sites for hydroxylation is 1. The maximum Gasteiger partial charge on any atom is 0.248 e. The standard InChI is InChI=1S/C18H19N3O5S/c1-12-6-4-5-7-14(12)18-21-20-17(26-18)11-19-27(22,23)13-8-9-15(24-2)16(10-13)25-3/h4-10,19H,11H2,1-3H3. The van der Waals surface area contributed by atoms with Gasteiger partial charge >= 0.3 is 0 Å². The topological polar surface area (TPSA) is 104 Å². The van der Waals surface area contributed by atoms with Gasteiger partial charge in [-0.2, -0.15) is 0 Å². The molecule has 8 nitrogen and oxygen atoms in total. The van der Waals surface area contributed by atoms with Gasteiger partial charge in [-0.05, 0) is 30.7 Å². The first-order valence-corrected chi connectivity index (χ1v) is 9.53. The minimum Gasteiger partial charge on any atom is -0.493 e. The molecule has 0 unspecified atom stereocenters. The Labute approximate surface area is 157 Å². The van der Waals surface area contributed by atoms with Crippen LogP contribution in [0.5, 0.6) is 11.5 Å². The summed E-state index contributed by atoms with van der Waals surface area (Å²) in [4.78, 5) is 0.0405. The second kappa shape index (κ2) is 7.77. The van der Waals surface area contributed by atoms with Crippen LogP contribution in [0.4, 0.5) is 0 Å². The van der Waals surface area contributed by atoms with E-state index < -0.39 is 10.0 Å². The molecule has 9 heteroatoms. The molecule has 0 saturated carbocycles. The number of sulfonamides is 1. The molecule has 0 fully saturated rings. The number of aromatic nitrogens is 2. The van der Waals surface area contributed by atoms with Crippen molar-refractivity contribution in [2.45, 2.75) is 18.4 Å². The van der Waals surface area contributed by atoms with Crippen molar-refractivity contribution in [1.82, 2.24) is 14.9 Å². The number of hydrogen-bond donors (Lipinski definition) is 1. The number of rotatable bonds is 7. The summed E-state index contributed by atoms with van der Waals surface area (Å²) in [6.45, 7) is 1.80. The van der Waals surface area contributed by atoms with E-state index in [-0.39, 0.29) is 17.3 Å². The first kappa shape index (κ1) is 18.9. The number of nitrogens with one attached hydrogen (secondary N) is 1. The van der Waals surface area contributed by atoms with Crippen LogP contribution in [0, 0.1) is 6.92 Å². The van der Waals surface area contributed by atoms with Gasteiger partial charge in [-0.1, -0.05) is 18.2 Å². The monoisotopic (exact) mass is 389 g/mol. The second-order valence-corrected chi connectivity index (χ2v) is 7.42. The average Bonchev–Trinajstić information content (AvgIpc) is 3.15. The highest BCUT2D eigenvalue weighted by Gasteiger charge is 2.19. The minimum absolute atomic E-state index is 0.0405. The number of methoxy groups -OCH3 is 2. The lowest BCUT2D eigenvalue weighted by Crippen LogP contribution is -2.23. The van der Waals surface area contributed by atoms with Crippen LogP contribution >= 0.6 is 0 Å². The Morgan fingerprint density at radius 1 is 1.04 bits per heavy atom. The normalized spacial score (nSPS) is 11.4. The van der Waals surface area contributed by atoms with E-state index in [0.29, 0.717) is 17.4 Å². The van der Waals surface area contributed by atoms with Crippen molar-refractivity contribution in [2.24, 2.45) is 0 Å². The molecule has 0 radical (unpaired) electrons. The SMILES string of the molecule is COc1ccc(S(=O)(=O)NCc2nnc(-c3ccccc3C)o2)cc1OC. The Kier molecular flexibility index (Phi) is 5.43. The van der Waals surface area contributed by atoms with Gasteiger partial charge in [-0.3, -0.25) is 0 Å². The van der Waals surface area contributed by atoms with Gasteiger partial charge in [-0.25, -0.2) is 13.1 Å². The van der Waals surface area contributed by atoms with Crippen LogP contribution in [0.2, 0.25) is 0 Å². The molecular formula is C18H19N3O5S. The van der Waals surface area contributed by atoms with E-state index in [9.17, 15) is 8.42 Å². The Morgan fingerprint density at radius 3 is 2.48 bits per heavy atom. The highest BCUT2D eigenvalue weighted by Crippen LogP contribution is 2.29. The Morgan fingerprint density at radius 2 is 1.78 bits per heavy atom. The average molecular weight is 389 g/mol. The maximum absolute atomic E-state index is 12.5. The summed E-state index contributed by atoms with van der Waals surface area (Å²) in [5.41, 5.74) is 1.79. The highest BCUT2D eigenvalue weighted by molar-refractivity contribution is 7.89. The summed E-state index contributed by atoms with van der Waals surface area (Å²) < 4.78 is 43.3. The van der Waals surface area contributed by atoms with Gasteiger partial charge < -0.3 is 13.9 Å². The Balaban J connectivity index is 1.76. The molecule has 3 aromatic rings. The molecule has 1 heterocycles. The van der Waals surface area contributed by atoms with Crippen LogP contribution in [-0.2, 0) is 16.6 Å². The molecular weight excluding hydrogens is 370 g/mol. The summed E-state index contributed by atoms with van der Waals surface area (Å²) in [7, 11) is -0.877. The first-order valence-electron chi connectivity index (χ1n) is 8.04. The second-order valence-electron chi connectivity index (χ2n) is 5.66. The summed E-state index contributed by atoms with van der Waals surface area (Å²) in [6, 6.07) is 11.9. The fraction of sp³-hybridized carbons (Fsp3) is 0.222. The number of hydrogen-bond acceptors (Lipinski definition) is 7. The van der Waals surface area contributed by atoms with Crippen LogP contribution < -0.4 is 14.2 Å². The molecule has 0 atom stereocenters. The number of ether oxygens (including phenoxy) is 2. The van der Waals surface area contributed by atoms with E-state index in [1.54, 1.807) is 0 Å². The Hall–Kier alpha value is -2.91. The maximum atomic E-state index is 12.5. The number of nitrogens with zero attached hydrogens (tertiary/aromatic N) is 2. The lowest BCUT2D eigenvalue weighted by atomic mass is 10.1. The van der Waals surface area contributed by atoms with Crippen LogP contribution in [0.25, 0.3) is 11.5 Å². The van der Waals surface area contributed by atoms with Gasteiger partial charge in [0.15, 0.2) is 11.5 Å². The third kappa shape index (κ3) is 4.09. The molecule has 2 aromatic carbocycles. The third-order valence-electron chi connectivity index (χ3n) is 3.92. The first-order chi connectivity index (χ1) is 12.9. The molecule has 142 valence electrons. The van der Waals surface area contributed by atoms with Crippen LogP contribution in [0.1, 0.15) is 11.5 Å². The third-order valence-corrected chi connectivity index (χ3v) is 5.32. The van der Waals surface area contributed by atoms with Crippen molar-refractivity contribution in [3.05, 3.63) is 53.9 Å². The fourth-order valence-electron chi connectivity index (χ4n) is 2.47. The van der Waals surface area contributed by atoms with Gasteiger partial charge in [0.25, 0.3) is 0 Å². The molecule has 1 aromatic heterocycles. The van der Waals surface area contributed by atoms with Crippen LogP contribution in [-0.4, -0.2) is 32.8 Å². The van der Waals surface area contributed by atoms with E-state index in [1.165, 1.54) is 32.4 Å². The summed E-state index contributed by atoms with van der Waals surface area (Å²) in [5, 5.41) is 7.89. The quantitative estimate of drug-likeness (QED) is 0.662. The molecule has 3 rings (SSSR count). The number of benzene rings is 2. The van der Waals surface area contributed by atoms with Crippen molar-refractivity contribution in [2.75, 3.05) is 14.2 Å². The molecule has 27 heavy (non-hydrogen) atoms. The fourth-order valence-corrected chi connectivity index (χ4v) is 3.46. The summed E-state index contributed by atoms with van der Waals surface area (Å²) in [5.74, 6) is 1.27. The Bertz CT molecular complexity index is 1050. The van der Waals surface area contributed by atoms with Crippen molar-refractivity contribution in [3.8, 4) is 23.0 Å². The smallest absolute Gasteiger partial charge is 0.248 e. The molecule has 0 aliphatic rings. The molecule has 1 N–H and O–H groups in total. The van der Waals surface area contributed by atoms with Crippen molar-refractivity contribution in [3.63, 3.8) is 0 Å². The largest absolute Gasteiger partial charge is 0.493 e. The van der Waals surface area contributed by atoms with E-state index >= 15 is 0 Å². The van der Waals surface area contributed by atoms with Gasteiger partial charge in [0.1, 0.15) is 0 Å². The van der Waals surface area contributed by atoms with Crippen LogP contribution in [0.15, 0.2) is 51.8 Å². The predicted molar refractivity (Wildman–Crippen MR) is 98.0 cm³/mol. The zero-order chi connectivity index (χ0) is 19.4. The van der Waals surface area contributed by atoms with Crippen molar-refractivity contribution in [1.29, 1.82) is 0 Å². The van der Waals surface area contributed by atoms with Gasteiger partial charge in [0, 0.05) is 11.6 Å². The molecule has 0 spiro atoms. The van der Waals surface area contributed by atoms with E-state index in [4.69, 9.17) is 13.9 Å². The van der Waals surface area contributed by atoms with E-state index in [0.717, 1.165) is 11.1 Å². The van der Waals surface area contributed by atoms with Crippen LogP contribution in [0.3, 0.4) is 0 Å². The minimum atomic E-state index is -3.79. The molecule has 0 aliphatic carbocycles. The zero-order valence-electron chi connectivity index (χ0n) is 15.1. The van der Waals surface area contributed by atoms with E-state index in [1.807, 2.05) is 31.2 Å².